The molecule has 10 rings (SSSR count). The highest BCUT2D eigenvalue weighted by Gasteiger charge is 2.51. The molecule has 5 aromatic carbocycles. The second kappa shape index (κ2) is 12.4. The molecular weight excluding hydrogens is 685 g/mol. The van der Waals surface area contributed by atoms with Crippen LogP contribution in [0.5, 0.6) is 11.5 Å². The number of nitrogens with zero attached hydrogens (tertiary/aromatic N) is 4. The summed E-state index contributed by atoms with van der Waals surface area (Å²) in [5.41, 5.74) is 13.2. The highest BCUT2D eigenvalue weighted by Crippen LogP contribution is 2.57. The summed E-state index contributed by atoms with van der Waals surface area (Å²) in [5.74, 6) is 2.07. The highest BCUT2D eigenvalue weighted by molar-refractivity contribution is 6.15. The smallest absolute Gasteiger partial charge is 0.146 e. The van der Waals surface area contributed by atoms with Crippen LogP contribution in [-0.4, -0.2) is 19.2 Å². The summed E-state index contributed by atoms with van der Waals surface area (Å²) in [6.45, 7) is 13.7. The summed E-state index contributed by atoms with van der Waals surface area (Å²) < 4.78 is 37.2. The SMILES string of the molecule is [2H]C([2H])([2H])c1ccc2c3c1c1ccc(Oc4cccc(-n5cc(-c6c(C(C)C)cccc6C(C)C)cn5)c4)cc1c1nc4c(n13)C(C)(CCCc1ccccc1-4)C2(C)C. The lowest BCUT2D eigenvalue weighted by Gasteiger charge is -2.49. The summed E-state index contributed by atoms with van der Waals surface area (Å²) >= 11 is 0. The van der Waals surface area contributed by atoms with E-state index in [2.05, 4.69) is 108 Å². The van der Waals surface area contributed by atoms with E-state index in [9.17, 15) is 0 Å². The fourth-order valence-electron chi connectivity index (χ4n) is 10.0. The quantitative estimate of drug-likeness (QED) is 0.160. The predicted molar refractivity (Wildman–Crippen MR) is 231 cm³/mol. The molecule has 1 atom stereocenters. The molecule has 0 amide bonds. The van der Waals surface area contributed by atoms with Crippen molar-refractivity contribution >= 4 is 27.3 Å². The van der Waals surface area contributed by atoms with Crippen molar-refractivity contribution in [3.8, 4) is 39.6 Å². The number of aromatic nitrogens is 4. The molecular formula is C51H50N4O. The van der Waals surface area contributed by atoms with Gasteiger partial charge in [0.2, 0.25) is 0 Å². The second-order valence-corrected chi connectivity index (χ2v) is 17.4. The van der Waals surface area contributed by atoms with E-state index in [1.165, 1.54) is 27.9 Å². The number of imidazole rings is 1. The molecule has 8 aromatic rings. The Morgan fingerprint density at radius 1 is 0.804 bits per heavy atom. The maximum absolute atomic E-state index is 8.74. The largest absolute Gasteiger partial charge is 0.457 e. The maximum Gasteiger partial charge on any atom is 0.146 e. The average Bonchev–Trinajstić information content (AvgIpc) is 3.86. The first kappa shape index (κ1) is 31.5. The number of ether oxygens (including phenoxy) is 1. The van der Waals surface area contributed by atoms with Gasteiger partial charge >= 0.3 is 0 Å². The monoisotopic (exact) mass is 737 g/mol. The molecule has 1 aliphatic carbocycles. The third-order valence-electron chi connectivity index (χ3n) is 13.3. The molecule has 2 aliphatic rings. The van der Waals surface area contributed by atoms with Gasteiger partial charge in [0, 0.05) is 49.1 Å². The molecule has 5 nitrogen and oxygen atoms in total. The van der Waals surface area contributed by atoms with Gasteiger partial charge in [-0.1, -0.05) is 109 Å². The first-order valence-electron chi connectivity index (χ1n) is 21.7. The predicted octanol–water partition coefficient (Wildman–Crippen LogP) is 13.4. The van der Waals surface area contributed by atoms with Crippen LogP contribution in [0.4, 0.5) is 0 Å². The topological polar surface area (TPSA) is 44.3 Å². The lowest BCUT2D eigenvalue weighted by atomic mass is 9.56. The summed E-state index contributed by atoms with van der Waals surface area (Å²) in [6, 6.07) is 33.3. The Morgan fingerprint density at radius 2 is 1.57 bits per heavy atom. The first-order chi connectivity index (χ1) is 28.2. The van der Waals surface area contributed by atoms with E-state index in [1.807, 2.05) is 59.4 Å². The number of fused-ring (bicyclic) bond motifs is 5. The normalized spacial score (nSPS) is 18.3. The third kappa shape index (κ3) is 4.92. The molecule has 3 aromatic heterocycles. The lowest BCUT2D eigenvalue weighted by molar-refractivity contribution is 0.239. The van der Waals surface area contributed by atoms with Crippen LogP contribution in [0.2, 0.25) is 0 Å². The van der Waals surface area contributed by atoms with Crippen LogP contribution in [0, 0.1) is 6.85 Å². The van der Waals surface area contributed by atoms with E-state index in [4.69, 9.17) is 18.9 Å². The fourth-order valence-corrected chi connectivity index (χ4v) is 10.0. The Labute approximate surface area is 334 Å². The Morgan fingerprint density at radius 3 is 2.36 bits per heavy atom. The van der Waals surface area contributed by atoms with Gasteiger partial charge in [-0.05, 0) is 107 Å². The van der Waals surface area contributed by atoms with Crippen molar-refractivity contribution < 1.29 is 8.85 Å². The average molecular weight is 738 g/mol. The summed E-state index contributed by atoms with van der Waals surface area (Å²) in [5, 5.41) is 7.32. The molecule has 280 valence electrons. The minimum Gasteiger partial charge on any atom is -0.457 e. The van der Waals surface area contributed by atoms with Gasteiger partial charge in [0.15, 0.2) is 0 Å². The zero-order chi connectivity index (χ0) is 41.2. The van der Waals surface area contributed by atoms with Crippen LogP contribution in [0.3, 0.4) is 0 Å². The molecule has 4 heterocycles. The molecule has 0 saturated heterocycles. The zero-order valence-corrected chi connectivity index (χ0v) is 33.4. The molecule has 56 heavy (non-hydrogen) atoms. The van der Waals surface area contributed by atoms with E-state index in [1.54, 1.807) is 0 Å². The van der Waals surface area contributed by atoms with Crippen LogP contribution in [0.1, 0.15) is 111 Å². The first-order valence-corrected chi connectivity index (χ1v) is 20.2. The lowest BCUT2D eigenvalue weighted by Crippen LogP contribution is -2.47. The van der Waals surface area contributed by atoms with Crippen molar-refractivity contribution in [2.75, 3.05) is 0 Å². The number of benzene rings is 5. The molecule has 0 N–H and O–H groups in total. The van der Waals surface area contributed by atoms with Crippen LogP contribution in [0.25, 0.3) is 55.4 Å². The van der Waals surface area contributed by atoms with Crippen LogP contribution < -0.4 is 4.74 Å². The van der Waals surface area contributed by atoms with Crippen molar-refractivity contribution in [3.05, 3.63) is 143 Å². The molecule has 0 radical (unpaired) electrons. The number of rotatable bonds is 6. The summed E-state index contributed by atoms with van der Waals surface area (Å²) in [4.78, 5) is 5.58. The zero-order valence-electron chi connectivity index (χ0n) is 36.4. The van der Waals surface area contributed by atoms with Gasteiger partial charge in [0.25, 0.3) is 0 Å². The van der Waals surface area contributed by atoms with Crippen LogP contribution in [0.15, 0.2) is 109 Å². The minimum absolute atomic E-state index is 0.265. The molecule has 0 fully saturated rings. The van der Waals surface area contributed by atoms with Crippen molar-refractivity contribution in [1.82, 2.24) is 19.2 Å². The van der Waals surface area contributed by atoms with Gasteiger partial charge < -0.3 is 4.74 Å². The standard InChI is InChI=1S/C51H50N4O/c1-30(2)38-19-12-20-39(31(3)4)45(38)34-28-52-54(29-34)35-16-11-17-36(26-35)56-37-22-23-41-42(27-37)49-53-46-40-18-10-9-14-33(40)15-13-25-51(8)48(46)55(49)47-43(50(51,6)7)24-21-32(5)44(41)47/h9-12,14,16-24,26-31H,13,15,25H2,1-8H3/i5D3. The Kier molecular flexibility index (Phi) is 6.99. The van der Waals surface area contributed by atoms with E-state index < -0.39 is 6.85 Å². The summed E-state index contributed by atoms with van der Waals surface area (Å²) in [6.07, 6.45) is 7.09. The second-order valence-electron chi connectivity index (χ2n) is 17.4. The molecule has 0 saturated carbocycles. The van der Waals surface area contributed by atoms with E-state index >= 15 is 0 Å². The van der Waals surface area contributed by atoms with Crippen molar-refractivity contribution in [3.63, 3.8) is 0 Å². The maximum atomic E-state index is 8.74. The third-order valence-corrected chi connectivity index (χ3v) is 13.3. The molecule has 0 spiro atoms. The molecule has 1 aliphatic heterocycles. The minimum atomic E-state index is -2.32. The van der Waals surface area contributed by atoms with Gasteiger partial charge in [0.1, 0.15) is 17.1 Å². The van der Waals surface area contributed by atoms with Gasteiger partial charge in [-0.3, -0.25) is 4.40 Å². The van der Waals surface area contributed by atoms with Crippen LogP contribution in [-0.2, 0) is 17.3 Å². The Balaban J connectivity index is 1.15. The fraction of sp³-hybridized carbons (Fsp3) is 0.294. The van der Waals surface area contributed by atoms with E-state index in [-0.39, 0.29) is 10.8 Å². The molecule has 0 bridgehead atoms. The van der Waals surface area contributed by atoms with Crippen molar-refractivity contribution in [1.29, 1.82) is 0 Å². The van der Waals surface area contributed by atoms with E-state index in [0.717, 1.165) is 74.7 Å². The Bertz CT molecular complexity index is 2980. The molecule has 1 unspecified atom stereocenters. The van der Waals surface area contributed by atoms with Gasteiger partial charge in [0.05, 0.1) is 28.8 Å². The number of hydrogen-bond acceptors (Lipinski definition) is 3. The van der Waals surface area contributed by atoms with E-state index in [0.29, 0.717) is 28.9 Å². The summed E-state index contributed by atoms with van der Waals surface area (Å²) in [7, 11) is 0. The number of aryl methyl sites for hydroxylation is 2. The Hall–Kier alpha value is -5.68. The van der Waals surface area contributed by atoms with Gasteiger partial charge in [-0.2, -0.15) is 5.10 Å². The van der Waals surface area contributed by atoms with Crippen molar-refractivity contribution in [2.24, 2.45) is 0 Å². The highest BCUT2D eigenvalue weighted by atomic mass is 16.5. The van der Waals surface area contributed by atoms with Gasteiger partial charge in [-0.15, -0.1) is 0 Å². The number of pyridine rings is 1. The van der Waals surface area contributed by atoms with Crippen molar-refractivity contribution in [2.45, 2.75) is 97.2 Å². The van der Waals surface area contributed by atoms with Crippen LogP contribution >= 0.6 is 0 Å². The molecule has 5 heteroatoms. The number of hydrogen-bond donors (Lipinski definition) is 0. The van der Waals surface area contributed by atoms with Gasteiger partial charge in [-0.25, -0.2) is 9.67 Å².